The Morgan fingerprint density at radius 3 is 3.00 bits per heavy atom. The molecule has 0 fully saturated rings. The highest BCUT2D eigenvalue weighted by atomic mass is 16.3. The lowest BCUT2D eigenvalue weighted by Gasteiger charge is -2.07. The number of nitrogens with zero attached hydrogens (tertiary/aromatic N) is 2. The molecule has 3 N–H and O–H groups in total. The van der Waals surface area contributed by atoms with Crippen LogP contribution in [0.5, 0.6) is 0 Å². The number of rotatable bonds is 4. The molecule has 1 atom stereocenters. The van der Waals surface area contributed by atoms with Crippen molar-refractivity contribution in [1.82, 2.24) is 9.78 Å². The molecule has 1 aromatic heterocycles. The normalized spacial score (nSPS) is 12.8. The van der Waals surface area contributed by atoms with Crippen molar-refractivity contribution in [3.8, 4) is 0 Å². The van der Waals surface area contributed by atoms with Gasteiger partial charge >= 0.3 is 0 Å². The van der Waals surface area contributed by atoms with E-state index < -0.39 is 6.10 Å². The van der Waals surface area contributed by atoms with Gasteiger partial charge in [-0.1, -0.05) is 6.08 Å². The van der Waals surface area contributed by atoms with Crippen LogP contribution < -0.4 is 5.73 Å². The van der Waals surface area contributed by atoms with E-state index in [1.807, 2.05) is 0 Å². The highest BCUT2D eigenvalue weighted by molar-refractivity contribution is 5.39. The predicted octanol–water partition coefficient (Wildman–Crippen LogP) is 1.00. The molecule has 0 bridgehead atoms. The number of nitrogens with two attached hydrogens (primary N) is 1. The van der Waals surface area contributed by atoms with Crippen LogP contribution in [0.25, 0.3) is 0 Å². The largest absolute Gasteiger partial charge is 0.388 e. The number of aryl methyl sites for hydroxylation is 1. The van der Waals surface area contributed by atoms with Crippen molar-refractivity contribution in [3.05, 3.63) is 24.4 Å². The highest BCUT2D eigenvalue weighted by Gasteiger charge is 2.13. The third-order valence-electron chi connectivity index (χ3n) is 2.02. The van der Waals surface area contributed by atoms with Gasteiger partial charge in [-0.15, -0.1) is 6.58 Å². The van der Waals surface area contributed by atoms with E-state index in [1.54, 1.807) is 24.0 Å². The second-order valence-electron chi connectivity index (χ2n) is 2.99. The summed E-state index contributed by atoms with van der Waals surface area (Å²) < 4.78 is 1.55. The van der Waals surface area contributed by atoms with E-state index in [9.17, 15) is 5.11 Å². The zero-order valence-corrected chi connectivity index (χ0v) is 7.77. The molecule has 1 heterocycles. The summed E-state index contributed by atoms with van der Waals surface area (Å²) in [5.41, 5.74) is 6.39. The Morgan fingerprint density at radius 2 is 2.54 bits per heavy atom. The number of aliphatic hydroxyl groups is 1. The van der Waals surface area contributed by atoms with E-state index in [0.29, 0.717) is 17.8 Å². The Labute approximate surface area is 77.7 Å². The molecule has 0 aliphatic carbocycles. The van der Waals surface area contributed by atoms with E-state index in [-0.39, 0.29) is 0 Å². The Morgan fingerprint density at radius 1 is 1.85 bits per heavy atom. The zero-order valence-electron chi connectivity index (χ0n) is 7.77. The minimum absolute atomic E-state index is 0.525. The molecule has 0 saturated heterocycles. The molecule has 13 heavy (non-hydrogen) atoms. The summed E-state index contributed by atoms with van der Waals surface area (Å²) in [4.78, 5) is 0. The lowest BCUT2D eigenvalue weighted by molar-refractivity contribution is 0.169. The summed E-state index contributed by atoms with van der Waals surface area (Å²) >= 11 is 0. The van der Waals surface area contributed by atoms with Gasteiger partial charge in [-0.2, -0.15) is 5.10 Å². The SMILES string of the molecule is C=CCCC(O)c1cnn(C)c1N. The van der Waals surface area contributed by atoms with Crippen LogP contribution in [-0.2, 0) is 7.05 Å². The standard InChI is InChI=1S/C9H15N3O/c1-3-4-5-8(13)7-6-11-12(2)9(7)10/h3,6,8,13H,1,4-5,10H2,2H3. The first-order valence-corrected chi connectivity index (χ1v) is 4.23. The number of anilines is 1. The topological polar surface area (TPSA) is 64.1 Å². The van der Waals surface area contributed by atoms with Crippen LogP contribution >= 0.6 is 0 Å². The monoisotopic (exact) mass is 181 g/mol. The van der Waals surface area contributed by atoms with Crippen LogP contribution in [0.15, 0.2) is 18.9 Å². The van der Waals surface area contributed by atoms with Crippen LogP contribution in [0.4, 0.5) is 5.82 Å². The maximum Gasteiger partial charge on any atom is 0.127 e. The van der Waals surface area contributed by atoms with Gasteiger partial charge in [0.15, 0.2) is 0 Å². The van der Waals surface area contributed by atoms with Crippen molar-refractivity contribution >= 4 is 5.82 Å². The lowest BCUT2D eigenvalue weighted by atomic mass is 10.1. The molecule has 1 aromatic rings. The van der Waals surface area contributed by atoms with Gasteiger partial charge in [0.2, 0.25) is 0 Å². The van der Waals surface area contributed by atoms with Crippen LogP contribution in [-0.4, -0.2) is 14.9 Å². The van der Waals surface area contributed by atoms with Gasteiger partial charge in [0.25, 0.3) is 0 Å². The van der Waals surface area contributed by atoms with Gasteiger partial charge in [-0.05, 0) is 12.8 Å². The van der Waals surface area contributed by atoms with Crippen molar-refractivity contribution in [1.29, 1.82) is 0 Å². The van der Waals surface area contributed by atoms with Crippen molar-refractivity contribution < 1.29 is 5.11 Å². The molecule has 72 valence electrons. The molecule has 0 amide bonds. The quantitative estimate of drug-likeness (QED) is 0.681. The highest BCUT2D eigenvalue weighted by Crippen LogP contribution is 2.22. The van der Waals surface area contributed by atoms with Crippen molar-refractivity contribution in [2.24, 2.45) is 7.05 Å². The smallest absolute Gasteiger partial charge is 0.127 e. The summed E-state index contributed by atoms with van der Waals surface area (Å²) in [5, 5.41) is 13.6. The average Bonchev–Trinajstić information content (AvgIpc) is 2.44. The Bertz CT molecular complexity index is 293. The van der Waals surface area contributed by atoms with E-state index in [2.05, 4.69) is 11.7 Å². The van der Waals surface area contributed by atoms with Gasteiger partial charge in [-0.25, -0.2) is 0 Å². The number of aromatic nitrogens is 2. The molecule has 4 heteroatoms. The van der Waals surface area contributed by atoms with E-state index in [0.717, 1.165) is 6.42 Å². The summed E-state index contributed by atoms with van der Waals surface area (Å²) in [7, 11) is 1.75. The minimum Gasteiger partial charge on any atom is -0.388 e. The second kappa shape index (κ2) is 4.09. The third kappa shape index (κ3) is 2.09. The van der Waals surface area contributed by atoms with Crippen LogP contribution in [0.3, 0.4) is 0 Å². The predicted molar refractivity (Wildman–Crippen MR) is 52.0 cm³/mol. The molecule has 1 rings (SSSR count). The van der Waals surface area contributed by atoms with E-state index in [4.69, 9.17) is 5.73 Å². The summed E-state index contributed by atoms with van der Waals surface area (Å²) in [6.07, 6.45) is 4.25. The van der Waals surface area contributed by atoms with E-state index in [1.165, 1.54) is 0 Å². The first kappa shape index (κ1) is 9.80. The Kier molecular flexibility index (Phi) is 3.08. The van der Waals surface area contributed by atoms with Crippen molar-refractivity contribution in [3.63, 3.8) is 0 Å². The molecule has 0 radical (unpaired) electrons. The van der Waals surface area contributed by atoms with Gasteiger partial charge < -0.3 is 10.8 Å². The summed E-state index contributed by atoms with van der Waals surface area (Å²) in [6.45, 7) is 3.59. The fourth-order valence-electron chi connectivity index (χ4n) is 1.15. The van der Waals surface area contributed by atoms with Gasteiger partial charge in [0.05, 0.1) is 12.3 Å². The summed E-state index contributed by atoms with van der Waals surface area (Å²) in [5.74, 6) is 0.525. The lowest BCUT2D eigenvalue weighted by Crippen LogP contribution is -2.03. The van der Waals surface area contributed by atoms with Crippen LogP contribution in [0, 0.1) is 0 Å². The minimum atomic E-state index is -0.535. The molecule has 1 unspecified atom stereocenters. The number of aliphatic hydroxyl groups excluding tert-OH is 1. The Hall–Kier alpha value is -1.29. The molecular formula is C9H15N3O. The summed E-state index contributed by atoms with van der Waals surface area (Å²) in [6, 6.07) is 0. The van der Waals surface area contributed by atoms with Gasteiger partial charge in [0, 0.05) is 12.6 Å². The molecule has 0 aliphatic rings. The molecule has 0 aliphatic heterocycles. The number of hydrogen-bond acceptors (Lipinski definition) is 3. The second-order valence-corrected chi connectivity index (χ2v) is 2.99. The van der Waals surface area contributed by atoms with Crippen molar-refractivity contribution in [2.75, 3.05) is 5.73 Å². The average molecular weight is 181 g/mol. The Balaban J connectivity index is 2.70. The first-order valence-electron chi connectivity index (χ1n) is 4.23. The molecule has 0 aromatic carbocycles. The fourth-order valence-corrected chi connectivity index (χ4v) is 1.15. The molecule has 4 nitrogen and oxygen atoms in total. The van der Waals surface area contributed by atoms with Crippen molar-refractivity contribution in [2.45, 2.75) is 18.9 Å². The number of nitrogen functional groups attached to an aromatic ring is 1. The maximum absolute atomic E-state index is 9.66. The number of hydrogen-bond donors (Lipinski definition) is 2. The van der Waals surface area contributed by atoms with Crippen LogP contribution in [0.2, 0.25) is 0 Å². The molecular weight excluding hydrogens is 166 g/mol. The van der Waals surface area contributed by atoms with Crippen LogP contribution in [0.1, 0.15) is 24.5 Å². The zero-order chi connectivity index (χ0) is 9.84. The third-order valence-corrected chi connectivity index (χ3v) is 2.02. The molecule has 0 saturated carbocycles. The van der Waals surface area contributed by atoms with E-state index >= 15 is 0 Å². The molecule has 0 spiro atoms. The first-order chi connectivity index (χ1) is 6.16. The number of allylic oxidation sites excluding steroid dienone is 1. The van der Waals surface area contributed by atoms with Gasteiger partial charge in [-0.3, -0.25) is 4.68 Å². The van der Waals surface area contributed by atoms with Gasteiger partial charge in [0.1, 0.15) is 5.82 Å². The maximum atomic E-state index is 9.66. The fraction of sp³-hybridized carbons (Fsp3) is 0.444.